The predicted molar refractivity (Wildman–Crippen MR) is 105 cm³/mol. The second kappa shape index (κ2) is 7.86. The van der Waals surface area contributed by atoms with E-state index >= 15 is 0 Å². The Morgan fingerprint density at radius 1 is 1.15 bits per heavy atom. The van der Waals surface area contributed by atoms with Crippen LogP contribution in [0, 0.1) is 6.92 Å². The summed E-state index contributed by atoms with van der Waals surface area (Å²) < 4.78 is 5.77. The molecule has 5 nitrogen and oxygen atoms in total. The zero-order valence-electron chi connectivity index (χ0n) is 15.4. The Kier molecular flexibility index (Phi) is 5.14. The fraction of sp³-hybridized carbons (Fsp3) is 0.273. The second-order valence-electron chi connectivity index (χ2n) is 6.84. The number of rotatable bonds is 5. The molecule has 0 saturated carbocycles. The molecule has 0 amide bonds. The number of aromatic nitrogens is 2. The van der Waals surface area contributed by atoms with Crippen LogP contribution in [-0.4, -0.2) is 35.7 Å². The van der Waals surface area contributed by atoms with Gasteiger partial charge >= 0.3 is 0 Å². The molecule has 1 saturated heterocycles. The van der Waals surface area contributed by atoms with Gasteiger partial charge in [-0.25, -0.2) is 0 Å². The first kappa shape index (κ1) is 17.6. The fourth-order valence-corrected chi connectivity index (χ4v) is 3.45. The first-order chi connectivity index (χ1) is 13.2. The molecule has 5 heteroatoms. The highest BCUT2D eigenvalue weighted by Crippen LogP contribution is 2.24. The largest absolute Gasteiger partial charge is 0.371 e. The molecule has 3 aromatic rings. The van der Waals surface area contributed by atoms with Crippen LogP contribution in [0.15, 0.2) is 54.6 Å². The summed E-state index contributed by atoms with van der Waals surface area (Å²) in [5.74, 6) is 0.0468. The van der Waals surface area contributed by atoms with Gasteiger partial charge in [-0.1, -0.05) is 54.6 Å². The zero-order valence-corrected chi connectivity index (χ0v) is 15.4. The fourth-order valence-electron chi connectivity index (χ4n) is 3.45. The van der Waals surface area contributed by atoms with Crippen molar-refractivity contribution in [3.05, 3.63) is 77.0 Å². The molecule has 0 unspecified atom stereocenters. The van der Waals surface area contributed by atoms with Gasteiger partial charge in [-0.05, 0) is 18.1 Å². The van der Waals surface area contributed by atoms with Crippen LogP contribution in [-0.2, 0) is 11.2 Å². The molecule has 4 rings (SSSR count). The number of ether oxygens (including phenoxy) is 1. The molecule has 138 valence electrons. The molecule has 0 radical (unpaired) electrons. The molecule has 1 aromatic heterocycles. The minimum absolute atomic E-state index is 0.0468. The number of hydrogen-bond donors (Lipinski definition) is 2. The number of benzene rings is 2. The van der Waals surface area contributed by atoms with Gasteiger partial charge in [0.25, 0.3) is 0 Å². The average molecular weight is 361 g/mol. The van der Waals surface area contributed by atoms with Gasteiger partial charge in [-0.2, -0.15) is 5.10 Å². The standard InChI is InChI=1S/C22H23N3O2/c1-15-21(18-5-3-2-4-6-18)24-25-22(15)19(26)13-16-7-9-17(10-8-16)20-14-23-11-12-27-20/h2-10,20,23H,11-14H2,1H3,(H,24,25)/t20-/m1/s1. The molecule has 1 atom stereocenters. The third kappa shape index (κ3) is 3.84. The number of H-pyrrole nitrogens is 1. The van der Waals surface area contributed by atoms with Crippen molar-refractivity contribution >= 4 is 5.78 Å². The van der Waals surface area contributed by atoms with Gasteiger partial charge in [0.15, 0.2) is 5.78 Å². The summed E-state index contributed by atoms with van der Waals surface area (Å²) in [4.78, 5) is 12.8. The van der Waals surface area contributed by atoms with E-state index in [0.29, 0.717) is 12.1 Å². The maximum atomic E-state index is 12.8. The predicted octanol–water partition coefficient (Wildman–Crippen LogP) is 3.47. The molecule has 0 spiro atoms. The topological polar surface area (TPSA) is 67.0 Å². The van der Waals surface area contributed by atoms with E-state index in [1.807, 2.05) is 49.4 Å². The van der Waals surface area contributed by atoms with Crippen molar-refractivity contribution < 1.29 is 9.53 Å². The summed E-state index contributed by atoms with van der Waals surface area (Å²) in [7, 11) is 0. The number of carbonyl (C=O) groups excluding carboxylic acids is 1. The first-order valence-corrected chi connectivity index (χ1v) is 9.27. The number of aromatic amines is 1. The number of morpholine rings is 1. The van der Waals surface area contributed by atoms with Crippen molar-refractivity contribution in [2.75, 3.05) is 19.7 Å². The van der Waals surface area contributed by atoms with Crippen molar-refractivity contribution in [2.45, 2.75) is 19.4 Å². The Morgan fingerprint density at radius 3 is 2.63 bits per heavy atom. The molecule has 0 aliphatic carbocycles. The Bertz CT molecular complexity index is 910. The second-order valence-corrected chi connectivity index (χ2v) is 6.84. The van der Waals surface area contributed by atoms with Crippen LogP contribution in [0.2, 0.25) is 0 Å². The SMILES string of the molecule is Cc1c(-c2ccccc2)n[nH]c1C(=O)Cc1ccc([C@H]2CNCCO2)cc1. The number of carbonyl (C=O) groups is 1. The highest BCUT2D eigenvalue weighted by molar-refractivity contribution is 5.98. The van der Waals surface area contributed by atoms with E-state index in [0.717, 1.165) is 47.6 Å². The molecule has 2 heterocycles. The number of ketones is 1. The molecular weight excluding hydrogens is 338 g/mol. The van der Waals surface area contributed by atoms with Gasteiger partial charge < -0.3 is 10.1 Å². The van der Waals surface area contributed by atoms with Gasteiger partial charge in [0.05, 0.1) is 18.4 Å². The summed E-state index contributed by atoms with van der Waals surface area (Å²) in [5.41, 5.74) is 5.44. The molecule has 2 aromatic carbocycles. The Morgan fingerprint density at radius 2 is 1.93 bits per heavy atom. The summed E-state index contributed by atoms with van der Waals surface area (Å²) in [6.45, 7) is 4.40. The van der Waals surface area contributed by atoms with Crippen LogP contribution >= 0.6 is 0 Å². The van der Waals surface area contributed by atoms with Crippen LogP contribution in [0.25, 0.3) is 11.3 Å². The van der Waals surface area contributed by atoms with E-state index in [9.17, 15) is 4.79 Å². The van der Waals surface area contributed by atoms with Gasteiger partial charge in [0.2, 0.25) is 0 Å². The van der Waals surface area contributed by atoms with Gasteiger partial charge in [0, 0.05) is 30.6 Å². The third-order valence-electron chi connectivity index (χ3n) is 4.98. The molecule has 2 N–H and O–H groups in total. The highest BCUT2D eigenvalue weighted by Gasteiger charge is 2.18. The lowest BCUT2D eigenvalue weighted by Crippen LogP contribution is -2.33. The maximum Gasteiger partial charge on any atom is 0.185 e. The monoisotopic (exact) mass is 361 g/mol. The van der Waals surface area contributed by atoms with Crippen LogP contribution in [0.5, 0.6) is 0 Å². The summed E-state index contributed by atoms with van der Waals surface area (Å²) >= 11 is 0. The number of hydrogen-bond acceptors (Lipinski definition) is 4. The van der Waals surface area contributed by atoms with E-state index in [1.54, 1.807) is 0 Å². The van der Waals surface area contributed by atoms with Crippen molar-refractivity contribution in [1.82, 2.24) is 15.5 Å². The number of Topliss-reactive ketones (excluding diaryl/α,β-unsaturated/α-hetero) is 1. The van der Waals surface area contributed by atoms with Crippen LogP contribution in [0.1, 0.15) is 33.3 Å². The van der Waals surface area contributed by atoms with Crippen LogP contribution in [0.4, 0.5) is 0 Å². The smallest absolute Gasteiger partial charge is 0.185 e. The number of nitrogens with zero attached hydrogens (tertiary/aromatic N) is 1. The van der Waals surface area contributed by atoms with E-state index in [1.165, 1.54) is 0 Å². The quantitative estimate of drug-likeness (QED) is 0.683. The average Bonchev–Trinajstić information content (AvgIpc) is 3.11. The van der Waals surface area contributed by atoms with Crippen molar-refractivity contribution in [2.24, 2.45) is 0 Å². The summed E-state index contributed by atoms with van der Waals surface area (Å²) in [6, 6.07) is 18.0. The number of nitrogens with one attached hydrogen (secondary N) is 2. The van der Waals surface area contributed by atoms with E-state index < -0.39 is 0 Å². The Hall–Kier alpha value is -2.76. The van der Waals surface area contributed by atoms with E-state index in [4.69, 9.17) is 4.74 Å². The van der Waals surface area contributed by atoms with E-state index in [-0.39, 0.29) is 11.9 Å². The first-order valence-electron chi connectivity index (χ1n) is 9.27. The molecular formula is C22H23N3O2. The Balaban J connectivity index is 1.47. The lowest BCUT2D eigenvalue weighted by Gasteiger charge is -2.24. The minimum atomic E-state index is 0.0468. The van der Waals surface area contributed by atoms with Crippen molar-refractivity contribution in [3.8, 4) is 11.3 Å². The Labute approximate surface area is 158 Å². The van der Waals surface area contributed by atoms with Crippen molar-refractivity contribution in [3.63, 3.8) is 0 Å². The lowest BCUT2D eigenvalue weighted by atomic mass is 10.00. The van der Waals surface area contributed by atoms with Crippen molar-refractivity contribution in [1.29, 1.82) is 0 Å². The molecule has 1 fully saturated rings. The molecule has 27 heavy (non-hydrogen) atoms. The van der Waals surface area contributed by atoms with Crippen LogP contribution < -0.4 is 5.32 Å². The molecule has 1 aliphatic rings. The minimum Gasteiger partial charge on any atom is -0.371 e. The lowest BCUT2D eigenvalue weighted by molar-refractivity contribution is 0.0277. The molecule has 1 aliphatic heterocycles. The van der Waals surface area contributed by atoms with Gasteiger partial charge in [-0.3, -0.25) is 9.89 Å². The maximum absolute atomic E-state index is 12.8. The third-order valence-corrected chi connectivity index (χ3v) is 4.98. The van der Waals surface area contributed by atoms with Crippen LogP contribution in [0.3, 0.4) is 0 Å². The van der Waals surface area contributed by atoms with Gasteiger partial charge in [-0.15, -0.1) is 0 Å². The summed E-state index contributed by atoms with van der Waals surface area (Å²) in [5, 5.41) is 10.6. The zero-order chi connectivity index (χ0) is 18.6. The van der Waals surface area contributed by atoms with E-state index in [2.05, 4.69) is 27.6 Å². The van der Waals surface area contributed by atoms with Gasteiger partial charge in [0.1, 0.15) is 5.69 Å². The normalized spacial score (nSPS) is 17.0. The highest BCUT2D eigenvalue weighted by atomic mass is 16.5. The summed E-state index contributed by atoms with van der Waals surface area (Å²) in [6.07, 6.45) is 0.438. The molecule has 0 bridgehead atoms.